The Morgan fingerprint density at radius 1 is 0.964 bits per heavy atom. The van der Waals surface area contributed by atoms with E-state index < -0.39 is 0 Å². The molecule has 2 fully saturated rings. The first-order valence-corrected chi connectivity index (χ1v) is 11.3. The minimum atomic E-state index is 0.121. The lowest BCUT2D eigenvalue weighted by atomic mass is 9.84. The number of fused-ring (bicyclic) bond motifs is 1. The molecule has 1 atom stereocenters. The SMILES string of the molecule is O=c1ccc2ccccc2n1CCCCN1CCNCC1CC1CCCCC1. The van der Waals surface area contributed by atoms with E-state index >= 15 is 0 Å². The molecule has 4 rings (SSSR count). The summed E-state index contributed by atoms with van der Waals surface area (Å²) >= 11 is 0. The number of benzene rings is 1. The van der Waals surface area contributed by atoms with Crippen molar-refractivity contribution < 1.29 is 0 Å². The number of aryl methyl sites for hydroxylation is 1. The predicted molar refractivity (Wildman–Crippen MR) is 117 cm³/mol. The molecule has 1 N–H and O–H groups in total. The number of aromatic nitrogens is 1. The van der Waals surface area contributed by atoms with Crippen molar-refractivity contribution in [3.63, 3.8) is 0 Å². The van der Waals surface area contributed by atoms with Crippen molar-refractivity contribution in [2.24, 2.45) is 5.92 Å². The van der Waals surface area contributed by atoms with Gasteiger partial charge in [-0.25, -0.2) is 0 Å². The van der Waals surface area contributed by atoms with Crippen LogP contribution in [0.25, 0.3) is 10.9 Å². The second-order valence-electron chi connectivity index (χ2n) is 8.72. The molecule has 0 spiro atoms. The maximum Gasteiger partial charge on any atom is 0.251 e. The maximum absolute atomic E-state index is 12.3. The highest BCUT2D eigenvalue weighted by Crippen LogP contribution is 2.29. The molecule has 4 heteroatoms. The van der Waals surface area contributed by atoms with Gasteiger partial charge in [0.05, 0.1) is 5.52 Å². The first-order chi connectivity index (χ1) is 13.8. The number of rotatable bonds is 7. The van der Waals surface area contributed by atoms with E-state index in [0.29, 0.717) is 6.04 Å². The van der Waals surface area contributed by atoms with Crippen molar-refractivity contribution in [3.8, 4) is 0 Å². The molecule has 28 heavy (non-hydrogen) atoms. The third-order valence-electron chi connectivity index (χ3n) is 6.78. The highest BCUT2D eigenvalue weighted by atomic mass is 16.1. The molecule has 2 heterocycles. The number of para-hydroxylation sites is 1. The molecule has 1 aromatic carbocycles. The van der Waals surface area contributed by atoms with Crippen LogP contribution in [0.5, 0.6) is 0 Å². The Morgan fingerprint density at radius 2 is 1.79 bits per heavy atom. The van der Waals surface area contributed by atoms with Gasteiger partial charge in [0.15, 0.2) is 0 Å². The van der Waals surface area contributed by atoms with Gasteiger partial charge in [0.25, 0.3) is 5.56 Å². The molecule has 1 saturated carbocycles. The van der Waals surface area contributed by atoms with Gasteiger partial charge in [-0.2, -0.15) is 0 Å². The summed E-state index contributed by atoms with van der Waals surface area (Å²) in [7, 11) is 0. The van der Waals surface area contributed by atoms with Crippen LogP contribution in [0.2, 0.25) is 0 Å². The number of nitrogens with one attached hydrogen (secondary N) is 1. The van der Waals surface area contributed by atoms with Crippen molar-refractivity contribution in [2.45, 2.75) is 64.0 Å². The lowest BCUT2D eigenvalue weighted by Crippen LogP contribution is -2.52. The summed E-state index contributed by atoms with van der Waals surface area (Å²) in [5, 5.41) is 4.76. The second kappa shape index (κ2) is 9.71. The minimum Gasteiger partial charge on any atom is -0.314 e. The second-order valence-corrected chi connectivity index (χ2v) is 8.72. The fourth-order valence-corrected chi connectivity index (χ4v) is 5.20. The van der Waals surface area contributed by atoms with E-state index in [-0.39, 0.29) is 5.56 Å². The highest BCUT2D eigenvalue weighted by Gasteiger charge is 2.25. The van der Waals surface area contributed by atoms with Gasteiger partial charge in [-0.1, -0.05) is 50.3 Å². The molecule has 0 bridgehead atoms. The quantitative estimate of drug-likeness (QED) is 0.736. The van der Waals surface area contributed by atoms with Crippen LogP contribution in [0.15, 0.2) is 41.2 Å². The van der Waals surface area contributed by atoms with Crippen molar-refractivity contribution >= 4 is 10.9 Å². The van der Waals surface area contributed by atoms with Crippen LogP contribution < -0.4 is 10.9 Å². The van der Waals surface area contributed by atoms with Crippen LogP contribution in [0.1, 0.15) is 51.4 Å². The zero-order chi connectivity index (χ0) is 19.2. The first-order valence-electron chi connectivity index (χ1n) is 11.3. The third-order valence-corrected chi connectivity index (χ3v) is 6.78. The fraction of sp³-hybridized carbons (Fsp3) is 0.625. The highest BCUT2D eigenvalue weighted by molar-refractivity contribution is 5.78. The number of unbranched alkanes of at least 4 members (excludes halogenated alkanes) is 1. The summed E-state index contributed by atoms with van der Waals surface area (Å²) in [6.45, 7) is 5.42. The lowest BCUT2D eigenvalue weighted by Gasteiger charge is -2.39. The molecule has 1 saturated heterocycles. The fourth-order valence-electron chi connectivity index (χ4n) is 5.20. The van der Waals surface area contributed by atoms with Gasteiger partial charge in [-0.3, -0.25) is 9.69 Å². The normalized spacial score (nSPS) is 21.9. The van der Waals surface area contributed by atoms with Crippen molar-refractivity contribution in [1.82, 2.24) is 14.8 Å². The average Bonchev–Trinajstić information content (AvgIpc) is 2.74. The van der Waals surface area contributed by atoms with E-state index in [1.54, 1.807) is 6.07 Å². The standard InChI is InChI=1S/C24H35N3O/c28-24-13-12-21-10-4-5-11-23(21)27(24)16-7-6-15-26-17-14-25-19-22(26)18-20-8-2-1-3-9-20/h4-5,10-13,20,22,25H,1-3,6-9,14-19H2. The minimum absolute atomic E-state index is 0.121. The van der Waals surface area contributed by atoms with Gasteiger partial charge in [0, 0.05) is 38.3 Å². The molecule has 1 aliphatic carbocycles. The number of nitrogens with zero attached hydrogens (tertiary/aromatic N) is 2. The first kappa shape index (κ1) is 19.7. The summed E-state index contributed by atoms with van der Waals surface area (Å²) in [6, 6.07) is 12.6. The van der Waals surface area contributed by atoms with E-state index in [9.17, 15) is 4.79 Å². The van der Waals surface area contributed by atoms with Crippen LogP contribution in [0, 0.1) is 5.92 Å². The molecule has 1 unspecified atom stereocenters. The molecule has 0 radical (unpaired) electrons. The largest absolute Gasteiger partial charge is 0.314 e. The lowest BCUT2D eigenvalue weighted by molar-refractivity contribution is 0.125. The van der Waals surface area contributed by atoms with Crippen LogP contribution in [-0.4, -0.2) is 41.7 Å². The number of hydrogen-bond acceptors (Lipinski definition) is 3. The molecule has 2 aromatic rings. The topological polar surface area (TPSA) is 37.3 Å². The van der Waals surface area contributed by atoms with Crippen molar-refractivity contribution in [1.29, 1.82) is 0 Å². The van der Waals surface area contributed by atoms with Crippen LogP contribution >= 0.6 is 0 Å². The van der Waals surface area contributed by atoms with Gasteiger partial charge in [-0.15, -0.1) is 0 Å². The van der Waals surface area contributed by atoms with Gasteiger partial charge in [-0.05, 0) is 49.2 Å². The Morgan fingerprint density at radius 3 is 2.68 bits per heavy atom. The molecular weight excluding hydrogens is 346 g/mol. The van der Waals surface area contributed by atoms with E-state index in [4.69, 9.17) is 0 Å². The zero-order valence-electron chi connectivity index (χ0n) is 17.1. The van der Waals surface area contributed by atoms with E-state index in [0.717, 1.165) is 49.3 Å². The molecule has 0 amide bonds. The number of hydrogen-bond donors (Lipinski definition) is 1. The summed E-state index contributed by atoms with van der Waals surface area (Å²) in [4.78, 5) is 15.1. The van der Waals surface area contributed by atoms with E-state index in [1.807, 2.05) is 22.8 Å². The smallest absolute Gasteiger partial charge is 0.251 e. The molecule has 4 nitrogen and oxygen atoms in total. The maximum atomic E-state index is 12.3. The predicted octanol–water partition coefficient (Wildman–Crippen LogP) is 4.03. The number of pyridine rings is 1. The summed E-state index contributed by atoms with van der Waals surface area (Å²) in [5.41, 5.74) is 1.18. The Labute approximate surface area is 168 Å². The van der Waals surface area contributed by atoms with Crippen LogP contribution in [0.3, 0.4) is 0 Å². The molecular formula is C24H35N3O. The van der Waals surface area contributed by atoms with Crippen molar-refractivity contribution in [3.05, 3.63) is 46.8 Å². The molecule has 152 valence electrons. The Kier molecular flexibility index (Phi) is 6.81. The zero-order valence-corrected chi connectivity index (χ0v) is 17.1. The number of piperazine rings is 1. The molecule has 1 aliphatic heterocycles. The Balaban J connectivity index is 1.30. The van der Waals surface area contributed by atoms with E-state index in [2.05, 4.69) is 22.3 Å². The van der Waals surface area contributed by atoms with Crippen LogP contribution in [-0.2, 0) is 6.54 Å². The molecule has 1 aromatic heterocycles. The summed E-state index contributed by atoms with van der Waals surface area (Å²) in [6.07, 6.45) is 10.8. The summed E-state index contributed by atoms with van der Waals surface area (Å²) in [5.74, 6) is 0.940. The van der Waals surface area contributed by atoms with Crippen LogP contribution in [0.4, 0.5) is 0 Å². The Bertz CT molecular complexity index is 809. The Hall–Kier alpha value is -1.65. The van der Waals surface area contributed by atoms with Gasteiger partial charge in [0.1, 0.15) is 0 Å². The third kappa shape index (κ3) is 4.84. The average molecular weight is 382 g/mol. The van der Waals surface area contributed by atoms with E-state index in [1.165, 1.54) is 51.6 Å². The monoisotopic (exact) mass is 381 g/mol. The van der Waals surface area contributed by atoms with Gasteiger partial charge in [0.2, 0.25) is 0 Å². The van der Waals surface area contributed by atoms with Gasteiger partial charge < -0.3 is 9.88 Å². The molecule has 2 aliphatic rings. The van der Waals surface area contributed by atoms with Gasteiger partial charge >= 0.3 is 0 Å². The van der Waals surface area contributed by atoms with Crippen molar-refractivity contribution in [2.75, 3.05) is 26.2 Å². The summed E-state index contributed by atoms with van der Waals surface area (Å²) < 4.78 is 1.95.